The van der Waals surface area contributed by atoms with Crippen LogP contribution >= 0.6 is 0 Å². The van der Waals surface area contributed by atoms with Crippen molar-refractivity contribution in [1.29, 1.82) is 0 Å². The molecule has 1 amide bonds. The number of nitrogens with two attached hydrogens (primary N) is 1. The fourth-order valence-electron chi connectivity index (χ4n) is 4.75. The molecule has 0 spiro atoms. The maximum atomic E-state index is 13.5. The predicted octanol–water partition coefficient (Wildman–Crippen LogP) is 4.06. The van der Waals surface area contributed by atoms with Gasteiger partial charge in [-0.05, 0) is 69.0 Å². The Bertz CT molecular complexity index is 1260. The van der Waals surface area contributed by atoms with Gasteiger partial charge in [0.25, 0.3) is 5.91 Å². The number of H-pyrrole nitrogens is 1. The van der Waals surface area contributed by atoms with Gasteiger partial charge in [0.2, 0.25) is 6.29 Å². The lowest BCUT2D eigenvalue weighted by atomic mass is 9.83. The van der Waals surface area contributed by atoms with Crippen molar-refractivity contribution in [2.45, 2.75) is 50.9 Å². The topological polar surface area (TPSA) is 129 Å². The van der Waals surface area contributed by atoms with Crippen molar-refractivity contribution < 1.29 is 28.2 Å². The number of esters is 1. The molecule has 10 heteroatoms. The Balaban J connectivity index is 1.35. The fourth-order valence-corrected chi connectivity index (χ4v) is 4.75. The van der Waals surface area contributed by atoms with E-state index in [1.807, 2.05) is 12.1 Å². The maximum Gasteiger partial charge on any atom is 0.317 e. The zero-order valence-corrected chi connectivity index (χ0v) is 20.5. The van der Waals surface area contributed by atoms with E-state index in [0.717, 1.165) is 24.8 Å². The summed E-state index contributed by atoms with van der Waals surface area (Å²) in [6, 6.07) is 9.70. The third-order valence-corrected chi connectivity index (χ3v) is 7.03. The summed E-state index contributed by atoms with van der Waals surface area (Å²) in [5.41, 5.74) is 6.08. The number of aromatic amines is 1. The van der Waals surface area contributed by atoms with Gasteiger partial charge in [0.1, 0.15) is 11.2 Å². The molecule has 3 N–H and O–H groups in total. The first-order chi connectivity index (χ1) is 17.8. The Labute approximate surface area is 213 Å². The molecule has 2 aliphatic rings. The molecule has 1 saturated heterocycles. The molecule has 2 fully saturated rings. The molecule has 9 nitrogen and oxygen atoms in total. The highest BCUT2D eigenvalue weighted by molar-refractivity contribution is 5.88. The molecule has 5 rings (SSSR count). The molecule has 1 saturated carbocycles. The Morgan fingerprint density at radius 3 is 2.30 bits per heavy atom. The Kier molecular flexibility index (Phi) is 6.78. The highest BCUT2D eigenvalue weighted by Crippen LogP contribution is 2.38. The van der Waals surface area contributed by atoms with E-state index in [1.54, 1.807) is 31.5 Å². The van der Waals surface area contributed by atoms with Gasteiger partial charge in [0.15, 0.2) is 11.4 Å². The first kappa shape index (κ1) is 25.0. The molecular weight excluding hydrogens is 479 g/mol. The van der Waals surface area contributed by atoms with Gasteiger partial charge in [-0.25, -0.2) is 9.37 Å². The molecule has 3 heterocycles. The Morgan fingerprint density at radius 2 is 1.68 bits per heavy atom. The van der Waals surface area contributed by atoms with Crippen molar-refractivity contribution in [3.63, 3.8) is 0 Å². The summed E-state index contributed by atoms with van der Waals surface area (Å²) in [7, 11) is 0. The molecule has 0 unspecified atom stereocenters. The minimum Gasteiger partial charge on any atom is -0.448 e. The van der Waals surface area contributed by atoms with Crippen LogP contribution in [0.4, 0.5) is 4.39 Å². The smallest absolute Gasteiger partial charge is 0.317 e. The number of carbonyl (C=O) groups is 2. The number of hydrogen-bond donors (Lipinski definition) is 2. The van der Waals surface area contributed by atoms with Crippen LogP contribution in [0.5, 0.6) is 0 Å². The van der Waals surface area contributed by atoms with Gasteiger partial charge >= 0.3 is 5.97 Å². The normalized spacial score (nSPS) is 23.4. The monoisotopic (exact) mass is 508 g/mol. The van der Waals surface area contributed by atoms with E-state index in [0.29, 0.717) is 35.6 Å². The second kappa shape index (κ2) is 10.0. The van der Waals surface area contributed by atoms with E-state index in [4.69, 9.17) is 24.9 Å². The third kappa shape index (κ3) is 4.99. The number of primary amides is 1. The number of carbonyl (C=O) groups excluding carboxylic acids is 2. The molecule has 1 aliphatic heterocycles. The largest absolute Gasteiger partial charge is 0.448 e. The predicted molar refractivity (Wildman–Crippen MR) is 131 cm³/mol. The standard InChI is InChI=1S/C27H29FN4O5/c1-26(25(34)37-27(24(29)33)11-3-2-4-12-27)15-35-23(36-16-26)22-31-20(17-5-7-19(28)8-6-17)21(32-22)18-9-13-30-14-10-18/h5-10,13-14,23H,2-4,11-12,15-16H2,1H3,(H2,29,33)(H,31,32). The first-order valence-electron chi connectivity index (χ1n) is 12.3. The van der Waals surface area contributed by atoms with Crippen LogP contribution in [0, 0.1) is 11.2 Å². The first-order valence-corrected chi connectivity index (χ1v) is 12.3. The quantitative estimate of drug-likeness (QED) is 0.480. The van der Waals surface area contributed by atoms with Gasteiger partial charge in [-0.2, -0.15) is 0 Å². The summed E-state index contributed by atoms with van der Waals surface area (Å²) in [6.07, 6.45) is 5.83. The van der Waals surface area contributed by atoms with Gasteiger partial charge in [-0.1, -0.05) is 6.42 Å². The number of halogens is 1. The van der Waals surface area contributed by atoms with Crippen LogP contribution < -0.4 is 5.73 Å². The number of amides is 1. The van der Waals surface area contributed by atoms with Gasteiger partial charge < -0.3 is 24.9 Å². The molecular formula is C27H29FN4O5. The van der Waals surface area contributed by atoms with Gasteiger partial charge in [0.05, 0.1) is 24.6 Å². The van der Waals surface area contributed by atoms with E-state index >= 15 is 0 Å². The highest BCUT2D eigenvalue weighted by atomic mass is 19.1. The number of benzene rings is 1. The summed E-state index contributed by atoms with van der Waals surface area (Å²) >= 11 is 0. The molecule has 0 radical (unpaired) electrons. The summed E-state index contributed by atoms with van der Waals surface area (Å²) in [5, 5.41) is 0. The van der Waals surface area contributed by atoms with E-state index in [-0.39, 0.29) is 19.0 Å². The van der Waals surface area contributed by atoms with E-state index in [1.165, 1.54) is 12.1 Å². The number of nitrogens with one attached hydrogen (secondary N) is 1. The number of ether oxygens (including phenoxy) is 3. The number of pyridine rings is 1. The number of rotatable bonds is 6. The van der Waals surface area contributed by atoms with Gasteiger partial charge in [-0.15, -0.1) is 0 Å². The molecule has 1 aromatic carbocycles. The SMILES string of the molecule is CC1(C(=O)OC2(C(N)=O)CCCCC2)COC(c2nc(-c3ccc(F)cc3)c(-c3ccncc3)[nH]2)OC1. The lowest BCUT2D eigenvalue weighted by Gasteiger charge is -2.39. The van der Waals surface area contributed by atoms with Crippen molar-refractivity contribution in [3.8, 4) is 22.5 Å². The minimum atomic E-state index is -1.28. The summed E-state index contributed by atoms with van der Waals surface area (Å²) in [6.45, 7) is 1.68. The summed E-state index contributed by atoms with van der Waals surface area (Å²) in [4.78, 5) is 37.3. The number of nitrogens with zero attached hydrogens (tertiary/aromatic N) is 2. The second-order valence-corrected chi connectivity index (χ2v) is 9.91. The molecule has 3 aromatic rings. The van der Waals surface area contributed by atoms with E-state index in [2.05, 4.69) is 9.97 Å². The number of imidazole rings is 1. The van der Waals surface area contributed by atoms with Crippen LogP contribution in [0.25, 0.3) is 22.5 Å². The average Bonchev–Trinajstić information content (AvgIpc) is 3.36. The third-order valence-electron chi connectivity index (χ3n) is 7.03. The van der Waals surface area contributed by atoms with Crippen LogP contribution in [-0.2, 0) is 23.8 Å². The highest BCUT2D eigenvalue weighted by Gasteiger charge is 2.48. The maximum absolute atomic E-state index is 13.5. The second-order valence-electron chi connectivity index (χ2n) is 9.91. The molecule has 1 aliphatic carbocycles. The van der Waals surface area contributed by atoms with Crippen molar-refractivity contribution in [2.75, 3.05) is 13.2 Å². The molecule has 37 heavy (non-hydrogen) atoms. The number of hydrogen-bond acceptors (Lipinski definition) is 7. The average molecular weight is 509 g/mol. The van der Waals surface area contributed by atoms with Crippen LogP contribution in [0.1, 0.15) is 51.1 Å². The van der Waals surface area contributed by atoms with Crippen molar-refractivity contribution in [2.24, 2.45) is 11.1 Å². The minimum absolute atomic E-state index is 0.00249. The summed E-state index contributed by atoms with van der Waals surface area (Å²) < 4.78 is 31.1. The Hall–Kier alpha value is -3.63. The van der Waals surface area contributed by atoms with E-state index < -0.39 is 29.2 Å². The zero-order chi connectivity index (χ0) is 26.0. The van der Waals surface area contributed by atoms with Crippen molar-refractivity contribution in [1.82, 2.24) is 15.0 Å². The zero-order valence-electron chi connectivity index (χ0n) is 20.5. The molecule has 2 aromatic heterocycles. The Morgan fingerprint density at radius 1 is 1.03 bits per heavy atom. The van der Waals surface area contributed by atoms with Crippen LogP contribution in [0.3, 0.4) is 0 Å². The fraction of sp³-hybridized carbons (Fsp3) is 0.407. The molecule has 194 valence electrons. The van der Waals surface area contributed by atoms with Crippen molar-refractivity contribution in [3.05, 3.63) is 60.4 Å². The number of aromatic nitrogens is 3. The van der Waals surface area contributed by atoms with Crippen LogP contribution in [0.2, 0.25) is 0 Å². The van der Waals surface area contributed by atoms with Gasteiger partial charge in [-0.3, -0.25) is 14.6 Å². The van der Waals surface area contributed by atoms with E-state index in [9.17, 15) is 14.0 Å². The summed E-state index contributed by atoms with van der Waals surface area (Å²) in [5.74, 6) is -1.13. The van der Waals surface area contributed by atoms with Crippen molar-refractivity contribution >= 4 is 11.9 Å². The van der Waals surface area contributed by atoms with Crippen LogP contribution in [0.15, 0.2) is 48.8 Å². The molecule has 0 bridgehead atoms. The lowest BCUT2D eigenvalue weighted by molar-refractivity contribution is -0.243. The molecule has 0 atom stereocenters. The lowest BCUT2D eigenvalue weighted by Crippen LogP contribution is -2.53. The van der Waals surface area contributed by atoms with Gasteiger partial charge in [0, 0.05) is 23.5 Å². The van der Waals surface area contributed by atoms with Crippen LogP contribution in [-0.4, -0.2) is 45.6 Å².